The Balaban J connectivity index is 1.56. The minimum atomic E-state index is -0.667. The van der Waals surface area contributed by atoms with Crippen LogP contribution in [-0.2, 0) is 4.79 Å². The van der Waals surface area contributed by atoms with Crippen molar-refractivity contribution in [3.8, 4) is 0 Å². The monoisotopic (exact) mass is 337 g/mol. The molecule has 3 heteroatoms. The van der Waals surface area contributed by atoms with Crippen LogP contribution in [0.25, 0.3) is 0 Å². The van der Waals surface area contributed by atoms with Gasteiger partial charge in [0.2, 0.25) is 0 Å². The molecule has 0 spiro atoms. The average molecular weight is 337 g/mol. The largest absolute Gasteiger partial charge is 0.481 e. The molecule has 0 aromatic heterocycles. The number of nitrogens with one attached hydrogen (secondary N) is 1. The molecule has 2 atom stereocenters. The van der Waals surface area contributed by atoms with Gasteiger partial charge in [-0.05, 0) is 36.8 Å². The van der Waals surface area contributed by atoms with Gasteiger partial charge in [-0.2, -0.15) is 0 Å². The minimum Gasteiger partial charge on any atom is -0.481 e. The van der Waals surface area contributed by atoms with E-state index in [2.05, 4.69) is 66.0 Å². The SMILES string of the molecule is O=C(O)[C@H]1CC[C@@H](CCCC(c2ccccc2)c2ccccc2)NC1. The summed E-state index contributed by atoms with van der Waals surface area (Å²) in [6, 6.07) is 21.9. The van der Waals surface area contributed by atoms with Crippen LogP contribution in [0.1, 0.15) is 49.1 Å². The molecular formula is C22H27NO2. The van der Waals surface area contributed by atoms with Crippen molar-refractivity contribution < 1.29 is 9.90 Å². The maximum atomic E-state index is 11.0. The van der Waals surface area contributed by atoms with Gasteiger partial charge in [0.25, 0.3) is 0 Å². The number of benzene rings is 2. The molecular weight excluding hydrogens is 310 g/mol. The van der Waals surface area contributed by atoms with E-state index in [1.165, 1.54) is 11.1 Å². The fourth-order valence-electron chi connectivity index (χ4n) is 3.84. The van der Waals surface area contributed by atoms with Crippen LogP contribution in [0.3, 0.4) is 0 Å². The molecule has 0 radical (unpaired) electrons. The second kappa shape index (κ2) is 8.82. The standard InChI is InChI=1S/C22H27NO2/c24-22(25)19-14-15-20(23-16-19)12-7-13-21(17-8-3-1-4-9-17)18-10-5-2-6-11-18/h1-6,8-11,19-21,23H,7,12-16H2,(H,24,25)/t19-,20+/m0/s1. The molecule has 25 heavy (non-hydrogen) atoms. The van der Waals surface area contributed by atoms with Gasteiger partial charge >= 0.3 is 5.97 Å². The lowest BCUT2D eigenvalue weighted by molar-refractivity contribution is -0.142. The zero-order valence-corrected chi connectivity index (χ0v) is 14.6. The molecule has 0 bridgehead atoms. The van der Waals surface area contributed by atoms with Gasteiger partial charge < -0.3 is 10.4 Å². The number of piperidine rings is 1. The third-order valence-electron chi connectivity index (χ3n) is 5.32. The lowest BCUT2D eigenvalue weighted by atomic mass is 9.85. The van der Waals surface area contributed by atoms with Crippen molar-refractivity contribution in [1.29, 1.82) is 0 Å². The highest BCUT2D eigenvalue weighted by Gasteiger charge is 2.25. The molecule has 2 aromatic carbocycles. The fourth-order valence-corrected chi connectivity index (χ4v) is 3.84. The molecule has 0 saturated carbocycles. The van der Waals surface area contributed by atoms with Crippen molar-refractivity contribution in [2.45, 2.75) is 44.1 Å². The Morgan fingerprint density at radius 3 is 2.08 bits per heavy atom. The molecule has 1 heterocycles. The Bertz CT molecular complexity index is 609. The zero-order valence-electron chi connectivity index (χ0n) is 14.6. The number of hydrogen-bond acceptors (Lipinski definition) is 2. The summed E-state index contributed by atoms with van der Waals surface area (Å²) in [7, 11) is 0. The van der Waals surface area contributed by atoms with Crippen molar-refractivity contribution in [3.05, 3.63) is 71.8 Å². The molecule has 1 aliphatic rings. The molecule has 0 unspecified atom stereocenters. The maximum absolute atomic E-state index is 11.0. The van der Waals surface area contributed by atoms with E-state index < -0.39 is 5.97 Å². The zero-order chi connectivity index (χ0) is 17.5. The van der Waals surface area contributed by atoms with E-state index in [1.54, 1.807) is 0 Å². The molecule has 0 amide bonds. The average Bonchev–Trinajstić information content (AvgIpc) is 2.67. The van der Waals surface area contributed by atoms with E-state index in [4.69, 9.17) is 5.11 Å². The van der Waals surface area contributed by atoms with Crippen molar-refractivity contribution in [1.82, 2.24) is 5.32 Å². The number of hydrogen-bond donors (Lipinski definition) is 2. The quantitative estimate of drug-likeness (QED) is 0.785. The smallest absolute Gasteiger partial charge is 0.307 e. The first-order valence-corrected chi connectivity index (χ1v) is 9.30. The van der Waals surface area contributed by atoms with Gasteiger partial charge in [0.05, 0.1) is 5.92 Å². The minimum absolute atomic E-state index is 0.211. The fraction of sp³-hybridized carbons (Fsp3) is 0.409. The second-order valence-corrected chi connectivity index (χ2v) is 7.02. The highest BCUT2D eigenvalue weighted by molar-refractivity contribution is 5.70. The third-order valence-corrected chi connectivity index (χ3v) is 5.32. The van der Waals surface area contributed by atoms with Gasteiger partial charge in [-0.1, -0.05) is 67.1 Å². The molecule has 1 fully saturated rings. The Kier molecular flexibility index (Phi) is 6.24. The number of carboxylic acids is 1. The number of aliphatic carboxylic acids is 1. The molecule has 1 saturated heterocycles. The molecule has 0 aliphatic carbocycles. The Hall–Kier alpha value is -2.13. The van der Waals surface area contributed by atoms with Crippen molar-refractivity contribution in [3.63, 3.8) is 0 Å². The third kappa shape index (κ3) is 4.93. The molecule has 3 rings (SSSR count). The molecule has 3 nitrogen and oxygen atoms in total. The van der Waals surface area contributed by atoms with E-state index >= 15 is 0 Å². The molecule has 132 valence electrons. The number of carbonyl (C=O) groups is 1. The van der Waals surface area contributed by atoms with E-state index in [1.807, 2.05) is 0 Å². The van der Waals surface area contributed by atoms with Crippen LogP contribution in [0.4, 0.5) is 0 Å². The van der Waals surface area contributed by atoms with Gasteiger partial charge in [0.1, 0.15) is 0 Å². The van der Waals surface area contributed by atoms with Crippen LogP contribution in [0.2, 0.25) is 0 Å². The first kappa shape index (κ1) is 17.7. The summed E-state index contributed by atoms with van der Waals surface area (Å²) in [5, 5.41) is 12.5. The van der Waals surface area contributed by atoms with E-state index in [0.29, 0.717) is 18.5 Å². The van der Waals surface area contributed by atoms with Crippen LogP contribution in [0.15, 0.2) is 60.7 Å². The van der Waals surface area contributed by atoms with Crippen molar-refractivity contribution >= 4 is 5.97 Å². The summed E-state index contributed by atoms with van der Waals surface area (Å²) in [5.74, 6) is -0.449. The summed E-state index contributed by atoms with van der Waals surface area (Å²) in [6.07, 6.45) is 5.15. The first-order valence-electron chi connectivity index (χ1n) is 9.30. The van der Waals surface area contributed by atoms with Gasteiger partial charge in [-0.15, -0.1) is 0 Å². The van der Waals surface area contributed by atoms with Crippen LogP contribution in [0.5, 0.6) is 0 Å². The Labute approximate surface area is 150 Å². The molecule has 1 aliphatic heterocycles. The first-order chi connectivity index (χ1) is 12.2. The number of rotatable bonds is 7. The summed E-state index contributed by atoms with van der Waals surface area (Å²) >= 11 is 0. The number of carboxylic acid groups (broad SMARTS) is 1. The summed E-state index contributed by atoms with van der Waals surface area (Å²) in [6.45, 7) is 0.612. The van der Waals surface area contributed by atoms with Gasteiger partial charge in [-0.25, -0.2) is 0 Å². The van der Waals surface area contributed by atoms with Crippen molar-refractivity contribution in [2.75, 3.05) is 6.54 Å². The van der Waals surface area contributed by atoms with Gasteiger partial charge in [-0.3, -0.25) is 4.79 Å². The van der Waals surface area contributed by atoms with Crippen molar-refractivity contribution in [2.24, 2.45) is 5.92 Å². The second-order valence-electron chi connectivity index (χ2n) is 7.02. The highest BCUT2D eigenvalue weighted by atomic mass is 16.4. The molecule has 2 aromatic rings. The lowest BCUT2D eigenvalue weighted by Gasteiger charge is -2.28. The summed E-state index contributed by atoms with van der Waals surface area (Å²) in [5.41, 5.74) is 2.74. The normalized spacial score (nSPS) is 20.5. The predicted molar refractivity (Wildman–Crippen MR) is 101 cm³/mol. The van der Waals surface area contributed by atoms with Gasteiger partial charge in [0, 0.05) is 18.5 Å². The predicted octanol–water partition coefficient (Wildman–Crippen LogP) is 4.44. The highest BCUT2D eigenvalue weighted by Crippen LogP contribution is 2.30. The van der Waals surface area contributed by atoms with Crippen LogP contribution in [-0.4, -0.2) is 23.7 Å². The van der Waals surface area contributed by atoms with E-state index in [9.17, 15) is 4.79 Å². The van der Waals surface area contributed by atoms with E-state index in [0.717, 1.165) is 32.1 Å². The maximum Gasteiger partial charge on any atom is 0.307 e. The Morgan fingerprint density at radius 1 is 1.00 bits per heavy atom. The van der Waals surface area contributed by atoms with Gasteiger partial charge in [0.15, 0.2) is 0 Å². The summed E-state index contributed by atoms with van der Waals surface area (Å²) in [4.78, 5) is 11.0. The van der Waals surface area contributed by atoms with Crippen LogP contribution >= 0.6 is 0 Å². The Morgan fingerprint density at radius 2 is 1.60 bits per heavy atom. The van der Waals surface area contributed by atoms with E-state index in [-0.39, 0.29) is 5.92 Å². The topological polar surface area (TPSA) is 49.3 Å². The van der Waals surface area contributed by atoms with Crippen LogP contribution in [0, 0.1) is 5.92 Å². The van der Waals surface area contributed by atoms with Crippen LogP contribution < -0.4 is 5.32 Å². The molecule has 2 N–H and O–H groups in total. The summed E-state index contributed by atoms with van der Waals surface area (Å²) < 4.78 is 0. The lowest BCUT2D eigenvalue weighted by Crippen LogP contribution is -2.41.